The van der Waals surface area contributed by atoms with Crippen LogP contribution < -0.4 is 0 Å². The summed E-state index contributed by atoms with van der Waals surface area (Å²) >= 11 is 0. The van der Waals surface area contributed by atoms with Crippen LogP contribution in [0.25, 0.3) is 0 Å². The Morgan fingerprint density at radius 3 is 2.00 bits per heavy atom. The third-order valence-electron chi connectivity index (χ3n) is 3.87. The quantitative estimate of drug-likeness (QED) is 0.635. The average Bonchev–Trinajstić information content (AvgIpc) is 2.62. The lowest BCUT2D eigenvalue weighted by Crippen LogP contribution is -2.14. The van der Waals surface area contributed by atoms with Crippen LogP contribution in [-0.2, 0) is 17.7 Å². The maximum absolute atomic E-state index is 10.5. The molecule has 2 aromatic rings. The molecule has 0 aromatic heterocycles. The largest absolute Gasteiger partial charge is 0.313 e. The van der Waals surface area contributed by atoms with Crippen LogP contribution in [0.4, 0.5) is 0 Å². The zero-order valence-electron chi connectivity index (χ0n) is 11.0. The number of hydrogen-bond donors (Lipinski definition) is 0. The molecule has 102 valence electrons. The van der Waals surface area contributed by atoms with E-state index in [2.05, 4.69) is 17.0 Å². The topological polar surface area (TPSA) is 52.4 Å². The molecule has 3 rings (SSSR count). The third-order valence-corrected chi connectivity index (χ3v) is 3.87. The van der Waals surface area contributed by atoms with Gasteiger partial charge in [0.25, 0.3) is 5.09 Å². The second-order valence-corrected chi connectivity index (χ2v) is 4.97. The highest BCUT2D eigenvalue weighted by molar-refractivity contribution is 5.44. The number of fused-ring (bicyclic) bond motifs is 2. The highest BCUT2D eigenvalue weighted by atomic mass is 16.9. The van der Waals surface area contributed by atoms with E-state index in [1.807, 2.05) is 36.4 Å². The molecule has 4 heteroatoms. The molecule has 0 heterocycles. The number of hydrogen-bond acceptors (Lipinski definition) is 3. The van der Waals surface area contributed by atoms with E-state index in [1.165, 1.54) is 11.1 Å². The minimum Gasteiger partial charge on any atom is -0.313 e. The molecule has 4 nitrogen and oxygen atoms in total. The maximum Gasteiger partial charge on any atom is 0.294 e. The van der Waals surface area contributed by atoms with Crippen LogP contribution in [0.1, 0.15) is 28.2 Å². The van der Waals surface area contributed by atoms with Crippen LogP contribution in [-0.4, -0.2) is 11.7 Å². The lowest BCUT2D eigenvalue weighted by atomic mass is 9.89. The van der Waals surface area contributed by atoms with E-state index < -0.39 is 5.09 Å². The summed E-state index contributed by atoms with van der Waals surface area (Å²) in [7, 11) is 0. The van der Waals surface area contributed by atoms with Crippen molar-refractivity contribution in [2.24, 2.45) is 0 Å². The molecule has 0 N–H and O–H groups in total. The summed E-state index contributed by atoms with van der Waals surface area (Å²) in [6, 6.07) is 16.3. The fraction of sp³-hybridized carbons (Fsp3) is 0.250. The van der Waals surface area contributed by atoms with Gasteiger partial charge in [-0.1, -0.05) is 48.5 Å². The van der Waals surface area contributed by atoms with Gasteiger partial charge in [0.2, 0.25) is 0 Å². The maximum atomic E-state index is 10.5. The van der Waals surface area contributed by atoms with Crippen LogP contribution in [0.15, 0.2) is 48.5 Å². The molecule has 0 spiro atoms. The number of nitrogens with zero attached hydrogens (tertiary/aromatic N) is 1. The van der Waals surface area contributed by atoms with Crippen molar-refractivity contribution in [1.82, 2.24) is 0 Å². The minimum absolute atomic E-state index is 0.0705. The van der Waals surface area contributed by atoms with Gasteiger partial charge in [0.1, 0.15) is 6.61 Å². The molecule has 0 saturated carbocycles. The second-order valence-electron chi connectivity index (χ2n) is 4.97. The van der Waals surface area contributed by atoms with E-state index in [9.17, 15) is 10.1 Å². The average molecular weight is 269 g/mol. The predicted octanol–water partition coefficient (Wildman–Crippen LogP) is 3.13. The third kappa shape index (κ3) is 2.37. The van der Waals surface area contributed by atoms with Gasteiger partial charge in [-0.05, 0) is 35.1 Å². The number of aryl methyl sites for hydroxylation is 2. The fourth-order valence-electron chi connectivity index (χ4n) is 2.96. The highest BCUT2D eigenvalue weighted by Crippen LogP contribution is 2.34. The Labute approximate surface area is 117 Å². The molecular formula is C16H15NO3. The first-order valence-corrected chi connectivity index (χ1v) is 6.68. The number of rotatable bonds is 3. The Morgan fingerprint density at radius 2 is 1.50 bits per heavy atom. The van der Waals surface area contributed by atoms with Gasteiger partial charge >= 0.3 is 0 Å². The van der Waals surface area contributed by atoms with Gasteiger partial charge in [-0.3, -0.25) is 0 Å². The molecule has 0 saturated heterocycles. The summed E-state index contributed by atoms with van der Waals surface area (Å²) in [5.41, 5.74) is 4.78. The summed E-state index contributed by atoms with van der Waals surface area (Å²) < 4.78 is 0. The lowest BCUT2D eigenvalue weighted by molar-refractivity contribution is -0.758. The Balaban J connectivity index is 2.06. The Hall–Kier alpha value is -2.36. The zero-order chi connectivity index (χ0) is 13.9. The molecule has 0 amide bonds. The Morgan fingerprint density at radius 1 is 1.00 bits per heavy atom. The van der Waals surface area contributed by atoms with E-state index in [-0.39, 0.29) is 12.5 Å². The minimum atomic E-state index is -0.712. The van der Waals surface area contributed by atoms with Crippen molar-refractivity contribution in [3.05, 3.63) is 80.9 Å². The summed E-state index contributed by atoms with van der Waals surface area (Å²) in [6.07, 6.45) is 1.92. The summed E-state index contributed by atoms with van der Waals surface area (Å²) in [5, 5.41) is 9.82. The van der Waals surface area contributed by atoms with Gasteiger partial charge in [-0.25, -0.2) is 0 Å². The van der Waals surface area contributed by atoms with Crippen LogP contribution >= 0.6 is 0 Å². The molecule has 0 aliphatic heterocycles. The molecule has 2 aromatic carbocycles. The standard InChI is InChI=1S/C16H15NO3/c18-17(19)20-11-16-14-7-3-1-5-12(14)9-10-13-6-2-4-8-15(13)16/h1-8,16H,9-11H2. The summed E-state index contributed by atoms with van der Waals surface area (Å²) in [5.74, 6) is -0.0738. The van der Waals surface area contributed by atoms with Crippen molar-refractivity contribution in [3.8, 4) is 0 Å². The van der Waals surface area contributed by atoms with Crippen molar-refractivity contribution in [2.45, 2.75) is 18.8 Å². The molecule has 0 unspecified atom stereocenters. The van der Waals surface area contributed by atoms with Crippen molar-refractivity contribution in [1.29, 1.82) is 0 Å². The van der Waals surface area contributed by atoms with Crippen LogP contribution in [0.5, 0.6) is 0 Å². The van der Waals surface area contributed by atoms with E-state index >= 15 is 0 Å². The zero-order valence-corrected chi connectivity index (χ0v) is 11.0. The molecule has 0 radical (unpaired) electrons. The molecule has 1 aliphatic rings. The number of benzene rings is 2. The Kier molecular flexibility index (Phi) is 3.37. The van der Waals surface area contributed by atoms with Crippen molar-refractivity contribution >= 4 is 0 Å². The van der Waals surface area contributed by atoms with Crippen LogP contribution in [0.3, 0.4) is 0 Å². The molecule has 0 fully saturated rings. The van der Waals surface area contributed by atoms with E-state index in [1.54, 1.807) is 0 Å². The first-order chi connectivity index (χ1) is 9.75. The summed E-state index contributed by atoms with van der Waals surface area (Å²) in [6.45, 7) is 0.0705. The summed E-state index contributed by atoms with van der Waals surface area (Å²) in [4.78, 5) is 15.2. The predicted molar refractivity (Wildman–Crippen MR) is 75.1 cm³/mol. The fourth-order valence-corrected chi connectivity index (χ4v) is 2.96. The Bertz CT molecular complexity index is 592. The van der Waals surface area contributed by atoms with Gasteiger partial charge in [0.05, 0.1) is 0 Å². The molecular weight excluding hydrogens is 254 g/mol. The van der Waals surface area contributed by atoms with Crippen LogP contribution in [0, 0.1) is 10.1 Å². The van der Waals surface area contributed by atoms with Crippen LogP contribution in [0.2, 0.25) is 0 Å². The van der Waals surface area contributed by atoms with Crippen molar-refractivity contribution < 1.29 is 9.92 Å². The van der Waals surface area contributed by atoms with Gasteiger partial charge in [-0.15, -0.1) is 10.1 Å². The first-order valence-electron chi connectivity index (χ1n) is 6.68. The van der Waals surface area contributed by atoms with Gasteiger partial charge < -0.3 is 4.84 Å². The molecule has 20 heavy (non-hydrogen) atoms. The van der Waals surface area contributed by atoms with E-state index in [0.29, 0.717) is 0 Å². The van der Waals surface area contributed by atoms with Crippen molar-refractivity contribution in [3.63, 3.8) is 0 Å². The first kappa shape index (κ1) is 12.7. The van der Waals surface area contributed by atoms with Gasteiger partial charge in [-0.2, -0.15) is 0 Å². The monoisotopic (exact) mass is 269 g/mol. The van der Waals surface area contributed by atoms with Gasteiger partial charge in [0, 0.05) is 5.92 Å². The normalized spacial score (nSPS) is 14.0. The van der Waals surface area contributed by atoms with Gasteiger partial charge in [0.15, 0.2) is 0 Å². The van der Waals surface area contributed by atoms with E-state index in [4.69, 9.17) is 0 Å². The molecule has 0 bridgehead atoms. The van der Waals surface area contributed by atoms with E-state index in [0.717, 1.165) is 24.0 Å². The highest BCUT2D eigenvalue weighted by Gasteiger charge is 2.24. The second kappa shape index (κ2) is 5.33. The molecule has 1 aliphatic carbocycles. The lowest BCUT2D eigenvalue weighted by Gasteiger charge is -2.19. The SMILES string of the molecule is O=[N+]([O-])OCC1c2ccccc2CCc2ccccc21. The van der Waals surface area contributed by atoms with Crippen molar-refractivity contribution in [2.75, 3.05) is 6.61 Å². The molecule has 0 atom stereocenters. The smallest absolute Gasteiger partial charge is 0.294 e.